The van der Waals surface area contributed by atoms with Crippen molar-refractivity contribution < 1.29 is 4.79 Å². The van der Waals surface area contributed by atoms with Crippen molar-refractivity contribution in [1.29, 1.82) is 0 Å². The van der Waals surface area contributed by atoms with Gasteiger partial charge >= 0.3 is 0 Å². The topological polar surface area (TPSA) is 41.5 Å². The number of hydrazone groups is 1. The summed E-state index contributed by atoms with van der Waals surface area (Å²) in [5.74, 6) is -0.257. The molecule has 2 aromatic carbocycles. The van der Waals surface area contributed by atoms with Gasteiger partial charge in [-0.2, -0.15) is 5.10 Å². The number of carbonyl (C=O) groups excluding carboxylic acids is 1. The van der Waals surface area contributed by atoms with Crippen LogP contribution in [0.15, 0.2) is 53.6 Å². The van der Waals surface area contributed by atoms with Gasteiger partial charge in [0.25, 0.3) is 5.91 Å². The summed E-state index contributed by atoms with van der Waals surface area (Å²) in [6.45, 7) is 8.40. The van der Waals surface area contributed by atoms with Gasteiger partial charge in [0, 0.05) is 10.6 Å². The van der Waals surface area contributed by atoms with E-state index in [4.69, 9.17) is 11.6 Å². The standard InChI is InChI=1S/C19H21ClN2O/c1-13(14-5-9-16(10-6-14)19(2,3)4)21-22-18(23)15-7-11-17(20)12-8-15/h5-12H,1-4H3,(H,22,23). The third-order valence-electron chi connectivity index (χ3n) is 3.60. The molecule has 2 rings (SSSR count). The number of rotatable bonds is 3. The van der Waals surface area contributed by atoms with E-state index in [1.165, 1.54) is 5.56 Å². The van der Waals surface area contributed by atoms with Gasteiger partial charge in [-0.15, -0.1) is 0 Å². The van der Waals surface area contributed by atoms with E-state index in [2.05, 4.69) is 43.4 Å². The SMILES string of the molecule is CC(=NNC(=O)c1ccc(Cl)cc1)c1ccc(C(C)(C)C)cc1. The van der Waals surface area contributed by atoms with Gasteiger partial charge in [0.1, 0.15) is 0 Å². The molecule has 0 heterocycles. The first-order valence-corrected chi connectivity index (χ1v) is 7.86. The molecule has 120 valence electrons. The first-order chi connectivity index (χ1) is 10.8. The Kier molecular flexibility index (Phi) is 5.22. The lowest BCUT2D eigenvalue weighted by Gasteiger charge is -2.19. The molecular formula is C19H21ClN2O. The third kappa shape index (κ3) is 4.67. The highest BCUT2D eigenvalue weighted by Gasteiger charge is 2.13. The maximum Gasteiger partial charge on any atom is 0.271 e. The largest absolute Gasteiger partial charge is 0.271 e. The van der Waals surface area contributed by atoms with Gasteiger partial charge in [0.05, 0.1) is 5.71 Å². The van der Waals surface area contributed by atoms with E-state index in [0.29, 0.717) is 10.6 Å². The molecule has 0 unspecified atom stereocenters. The molecule has 0 bridgehead atoms. The summed E-state index contributed by atoms with van der Waals surface area (Å²) in [7, 11) is 0. The van der Waals surface area contributed by atoms with Crippen LogP contribution in [0.3, 0.4) is 0 Å². The number of halogens is 1. The van der Waals surface area contributed by atoms with E-state index in [1.807, 2.05) is 19.1 Å². The molecule has 2 aromatic rings. The van der Waals surface area contributed by atoms with E-state index in [9.17, 15) is 4.79 Å². The Bertz CT molecular complexity index is 711. The van der Waals surface area contributed by atoms with Crippen LogP contribution in [0.25, 0.3) is 0 Å². The molecule has 0 saturated heterocycles. The number of nitrogens with zero attached hydrogens (tertiary/aromatic N) is 1. The summed E-state index contributed by atoms with van der Waals surface area (Å²) in [6.07, 6.45) is 0. The summed E-state index contributed by atoms with van der Waals surface area (Å²) < 4.78 is 0. The van der Waals surface area contributed by atoms with Crippen LogP contribution >= 0.6 is 11.6 Å². The first kappa shape index (κ1) is 17.2. The van der Waals surface area contributed by atoms with Crippen molar-refractivity contribution in [2.45, 2.75) is 33.1 Å². The van der Waals surface area contributed by atoms with Gasteiger partial charge in [-0.25, -0.2) is 5.43 Å². The Morgan fingerprint density at radius 3 is 2.00 bits per heavy atom. The Hall–Kier alpha value is -2.13. The van der Waals surface area contributed by atoms with Gasteiger partial charge in [-0.05, 0) is 47.7 Å². The molecule has 0 aliphatic heterocycles. The van der Waals surface area contributed by atoms with Gasteiger partial charge in [-0.1, -0.05) is 56.6 Å². The first-order valence-electron chi connectivity index (χ1n) is 7.48. The average Bonchev–Trinajstić information content (AvgIpc) is 2.52. The maximum atomic E-state index is 12.0. The fraction of sp³-hybridized carbons (Fsp3) is 0.263. The normalized spacial score (nSPS) is 12.1. The van der Waals surface area contributed by atoms with Gasteiger partial charge in [0.2, 0.25) is 0 Å². The summed E-state index contributed by atoms with van der Waals surface area (Å²) in [5.41, 5.74) is 6.21. The Morgan fingerprint density at radius 2 is 1.48 bits per heavy atom. The molecule has 0 fully saturated rings. The van der Waals surface area contributed by atoms with E-state index >= 15 is 0 Å². The molecular weight excluding hydrogens is 308 g/mol. The fourth-order valence-corrected chi connectivity index (χ4v) is 2.20. The highest BCUT2D eigenvalue weighted by molar-refractivity contribution is 6.30. The number of benzene rings is 2. The highest BCUT2D eigenvalue weighted by Crippen LogP contribution is 2.22. The van der Waals surface area contributed by atoms with Gasteiger partial charge in [0.15, 0.2) is 0 Å². The van der Waals surface area contributed by atoms with Crippen LogP contribution in [-0.2, 0) is 5.41 Å². The van der Waals surface area contributed by atoms with Crippen molar-refractivity contribution in [2.75, 3.05) is 0 Å². The number of carbonyl (C=O) groups is 1. The number of amides is 1. The molecule has 4 heteroatoms. The minimum absolute atomic E-state index is 0.117. The fourth-order valence-electron chi connectivity index (χ4n) is 2.08. The van der Waals surface area contributed by atoms with Crippen molar-refractivity contribution in [1.82, 2.24) is 5.43 Å². The maximum absolute atomic E-state index is 12.0. The lowest BCUT2D eigenvalue weighted by molar-refractivity contribution is 0.0955. The summed E-state index contributed by atoms with van der Waals surface area (Å²) in [4.78, 5) is 12.0. The molecule has 0 aliphatic carbocycles. The van der Waals surface area contributed by atoms with E-state index < -0.39 is 0 Å². The van der Waals surface area contributed by atoms with Crippen LogP contribution in [0.1, 0.15) is 49.2 Å². The Balaban J connectivity index is 2.07. The van der Waals surface area contributed by atoms with Crippen molar-refractivity contribution in [3.05, 3.63) is 70.2 Å². The van der Waals surface area contributed by atoms with Crippen LogP contribution < -0.4 is 5.43 Å². The Morgan fingerprint density at radius 1 is 0.957 bits per heavy atom. The van der Waals surface area contributed by atoms with Crippen LogP contribution in [0, 0.1) is 0 Å². The predicted octanol–water partition coefficient (Wildman–Crippen LogP) is 4.79. The summed E-state index contributed by atoms with van der Waals surface area (Å²) in [6, 6.07) is 14.9. The van der Waals surface area contributed by atoms with Crippen molar-refractivity contribution in [3.63, 3.8) is 0 Å². The zero-order valence-corrected chi connectivity index (χ0v) is 14.6. The average molecular weight is 329 g/mol. The van der Waals surface area contributed by atoms with E-state index in [1.54, 1.807) is 24.3 Å². The van der Waals surface area contributed by atoms with E-state index in [-0.39, 0.29) is 11.3 Å². The van der Waals surface area contributed by atoms with Crippen molar-refractivity contribution >= 4 is 23.2 Å². The quantitative estimate of drug-likeness (QED) is 0.638. The minimum Gasteiger partial charge on any atom is -0.267 e. The Labute approximate surface area is 142 Å². The molecule has 1 N–H and O–H groups in total. The lowest BCUT2D eigenvalue weighted by Crippen LogP contribution is -2.19. The molecule has 0 radical (unpaired) electrons. The minimum atomic E-state index is -0.257. The van der Waals surface area contributed by atoms with Gasteiger partial charge < -0.3 is 0 Å². The zero-order valence-electron chi connectivity index (χ0n) is 13.9. The van der Waals surface area contributed by atoms with Crippen LogP contribution in [-0.4, -0.2) is 11.6 Å². The third-order valence-corrected chi connectivity index (χ3v) is 3.85. The van der Waals surface area contributed by atoms with Crippen LogP contribution in [0.2, 0.25) is 5.02 Å². The van der Waals surface area contributed by atoms with E-state index in [0.717, 1.165) is 11.3 Å². The molecule has 0 aliphatic rings. The number of hydrogen-bond acceptors (Lipinski definition) is 2. The second-order valence-electron chi connectivity index (χ2n) is 6.47. The molecule has 1 amide bonds. The molecule has 0 atom stereocenters. The monoisotopic (exact) mass is 328 g/mol. The smallest absolute Gasteiger partial charge is 0.267 e. The van der Waals surface area contributed by atoms with Crippen molar-refractivity contribution in [2.24, 2.45) is 5.10 Å². The molecule has 23 heavy (non-hydrogen) atoms. The number of nitrogens with one attached hydrogen (secondary N) is 1. The molecule has 0 aromatic heterocycles. The highest BCUT2D eigenvalue weighted by atomic mass is 35.5. The second kappa shape index (κ2) is 6.97. The molecule has 0 spiro atoms. The number of hydrogen-bond donors (Lipinski definition) is 1. The summed E-state index contributed by atoms with van der Waals surface area (Å²) in [5, 5.41) is 4.77. The van der Waals surface area contributed by atoms with Crippen molar-refractivity contribution in [3.8, 4) is 0 Å². The molecule has 3 nitrogen and oxygen atoms in total. The molecule has 0 saturated carbocycles. The lowest BCUT2D eigenvalue weighted by atomic mass is 9.86. The second-order valence-corrected chi connectivity index (χ2v) is 6.91. The van der Waals surface area contributed by atoms with Crippen LogP contribution in [0.4, 0.5) is 0 Å². The van der Waals surface area contributed by atoms with Gasteiger partial charge in [-0.3, -0.25) is 4.79 Å². The van der Waals surface area contributed by atoms with Crippen LogP contribution in [0.5, 0.6) is 0 Å². The zero-order chi connectivity index (χ0) is 17.0. The predicted molar refractivity (Wildman–Crippen MR) is 96.3 cm³/mol. The summed E-state index contributed by atoms with van der Waals surface area (Å²) >= 11 is 5.81.